The van der Waals surface area contributed by atoms with E-state index in [-0.39, 0.29) is 0 Å². The Kier molecular flexibility index (Phi) is 7.54. The average Bonchev–Trinajstić information content (AvgIpc) is 2.86. The first-order valence-electron chi connectivity index (χ1n) is 11.4. The highest BCUT2D eigenvalue weighted by Crippen LogP contribution is 2.33. The number of halogens is 6. The van der Waals surface area contributed by atoms with Gasteiger partial charge < -0.3 is 10.6 Å². The first-order valence-corrected chi connectivity index (χ1v) is 11.4. The van der Waals surface area contributed by atoms with Gasteiger partial charge in [-0.3, -0.25) is 4.79 Å². The van der Waals surface area contributed by atoms with Gasteiger partial charge in [0, 0.05) is 18.3 Å². The fraction of sp³-hybridized carbons (Fsp3) is 0.179. The van der Waals surface area contributed by atoms with E-state index < -0.39 is 29.4 Å². The molecular formula is C28H22F6N2O. The number of benzene rings is 3. The van der Waals surface area contributed by atoms with Crippen LogP contribution in [0.1, 0.15) is 33.4 Å². The van der Waals surface area contributed by atoms with Crippen LogP contribution in [0.2, 0.25) is 0 Å². The molecule has 0 aromatic heterocycles. The SMILES string of the molecule is O=C(/C=C/C=C(c1ccc(C(F)(F)F)cc1)c1ccc(C(F)(F)F)cc1)Nc1cccc2c1CCNC2. The molecule has 0 saturated heterocycles. The lowest BCUT2D eigenvalue weighted by Gasteiger charge is -2.20. The Bertz CT molecular complexity index is 1260. The van der Waals surface area contributed by atoms with Crippen LogP contribution in [0, 0.1) is 0 Å². The van der Waals surface area contributed by atoms with Crippen LogP contribution >= 0.6 is 0 Å². The Morgan fingerprint density at radius 2 is 1.38 bits per heavy atom. The largest absolute Gasteiger partial charge is 0.416 e. The fourth-order valence-electron chi connectivity index (χ4n) is 4.09. The number of carbonyl (C=O) groups excluding carboxylic acids is 1. The van der Waals surface area contributed by atoms with Crippen LogP contribution in [0.15, 0.2) is 85.0 Å². The maximum atomic E-state index is 13.0. The van der Waals surface area contributed by atoms with Gasteiger partial charge in [-0.2, -0.15) is 26.3 Å². The first-order chi connectivity index (χ1) is 17.5. The molecule has 0 aliphatic carbocycles. The van der Waals surface area contributed by atoms with Crippen LogP contribution in [0.5, 0.6) is 0 Å². The molecule has 1 amide bonds. The number of alkyl halides is 6. The topological polar surface area (TPSA) is 41.1 Å². The van der Waals surface area contributed by atoms with Crippen LogP contribution in [0.3, 0.4) is 0 Å². The van der Waals surface area contributed by atoms with E-state index in [0.29, 0.717) is 28.9 Å². The number of hydrogen-bond donors (Lipinski definition) is 2. The third-order valence-electron chi connectivity index (χ3n) is 5.96. The number of hydrogen-bond acceptors (Lipinski definition) is 2. The maximum absolute atomic E-state index is 13.0. The zero-order valence-corrected chi connectivity index (χ0v) is 19.4. The number of amides is 1. The molecule has 3 aromatic rings. The van der Waals surface area contributed by atoms with E-state index in [1.807, 2.05) is 18.2 Å². The van der Waals surface area contributed by atoms with E-state index in [9.17, 15) is 31.1 Å². The number of rotatable bonds is 5. The summed E-state index contributed by atoms with van der Waals surface area (Å²) >= 11 is 0. The van der Waals surface area contributed by atoms with Crippen LogP contribution in [-0.2, 0) is 30.1 Å². The molecule has 192 valence electrons. The Morgan fingerprint density at radius 1 is 0.811 bits per heavy atom. The molecule has 37 heavy (non-hydrogen) atoms. The molecule has 0 radical (unpaired) electrons. The molecule has 0 atom stereocenters. The number of nitrogens with one attached hydrogen (secondary N) is 2. The normalized spacial score (nSPS) is 13.8. The van der Waals surface area contributed by atoms with Crippen molar-refractivity contribution in [3.05, 3.63) is 118 Å². The molecule has 0 fully saturated rings. The quantitative estimate of drug-likeness (QED) is 0.218. The zero-order chi connectivity index (χ0) is 26.6. The van der Waals surface area contributed by atoms with Crippen LogP contribution < -0.4 is 10.6 Å². The predicted octanol–water partition coefficient (Wildman–Crippen LogP) is 7.00. The van der Waals surface area contributed by atoms with Crippen molar-refractivity contribution in [2.75, 3.05) is 11.9 Å². The standard InChI is InChI=1S/C28H22F6N2O/c29-27(30,31)21-11-7-18(8-12-21)23(19-9-13-22(14-10-19)28(32,33)34)4-2-6-26(37)36-25-5-1-3-20-17-35-16-15-24(20)25/h1-14,35H,15-17H2,(H,36,37)/b6-2+. The molecular weight excluding hydrogens is 494 g/mol. The highest BCUT2D eigenvalue weighted by atomic mass is 19.4. The van der Waals surface area contributed by atoms with Crippen molar-refractivity contribution < 1.29 is 31.1 Å². The smallest absolute Gasteiger partial charge is 0.322 e. The van der Waals surface area contributed by atoms with Gasteiger partial charge in [-0.05, 0) is 71.1 Å². The highest BCUT2D eigenvalue weighted by molar-refractivity contribution is 6.00. The Morgan fingerprint density at radius 3 is 1.92 bits per heavy atom. The van der Waals surface area contributed by atoms with E-state index in [2.05, 4.69) is 10.6 Å². The molecule has 3 aromatic carbocycles. The van der Waals surface area contributed by atoms with Crippen molar-refractivity contribution in [1.82, 2.24) is 5.32 Å². The second-order valence-electron chi connectivity index (χ2n) is 8.45. The second kappa shape index (κ2) is 10.6. The molecule has 0 spiro atoms. The molecule has 1 aliphatic rings. The van der Waals surface area contributed by atoms with Crippen molar-refractivity contribution in [3.63, 3.8) is 0 Å². The van der Waals surface area contributed by atoms with E-state index >= 15 is 0 Å². The molecule has 3 nitrogen and oxygen atoms in total. The van der Waals surface area contributed by atoms with E-state index in [1.165, 1.54) is 42.5 Å². The van der Waals surface area contributed by atoms with E-state index in [1.54, 1.807) is 0 Å². The Balaban J connectivity index is 1.61. The summed E-state index contributed by atoms with van der Waals surface area (Å²) in [7, 11) is 0. The van der Waals surface area contributed by atoms with Crippen molar-refractivity contribution in [1.29, 1.82) is 0 Å². The lowest BCUT2D eigenvalue weighted by atomic mass is 9.95. The summed E-state index contributed by atoms with van der Waals surface area (Å²) in [6.07, 6.45) is -4.13. The summed E-state index contributed by atoms with van der Waals surface area (Å²) in [5.41, 5.74) is 2.20. The molecule has 9 heteroatoms. The third kappa shape index (κ3) is 6.48. The molecule has 0 unspecified atom stereocenters. The first kappa shape index (κ1) is 26.2. The lowest BCUT2D eigenvalue weighted by Crippen LogP contribution is -2.25. The number of fused-ring (bicyclic) bond motifs is 1. The maximum Gasteiger partial charge on any atom is 0.416 e. The summed E-state index contributed by atoms with van der Waals surface area (Å²) < 4.78 is 78.0. The lowest BCUT2D eigenvalue weighted by molar-refractivity contribution is -0.138. The minimum Gasteiger partial charge on any atom is -0.322 e. The van der Waals surface area contributed by atoms with Gasteiger partial charge >= 0.3 is 12.4 Å². The summed E-state index contributed by atoms with van der Waals surface area (Å²) in [6, 6.07) is 14.2. The van der Waals surface area contributed by atoms with Gasteiger partial charge in [-0.15, -0.1) is 0 Å². The third-order valence-corrected chi connectivity index (χ3v) is 5.96. The minimum atomic E-state index is -4.53. The fourth-order valence-corrected chi connectivity index (χ4v) is 4.09. The van der Waals surface area contributed by atoms with Crippen molar-refractivity contribution >= 4 is 17.2 Å². The van der Waals surface area contributed by atoms with Gasteiger partial charge in [0.2, 0.25) is 5.91 Å². The monoisotopic (exact) mass is 516 g/mol. The van der Waals surface area contributed by atoms with Crippen LogP contribution in [0.4, 0.5) is 32.0 Å². The van der Waals surface area contributed by atoms with E-state index in [4.69, 9.17) is 0 Å². The van der Waals surface area contributed by atoms with Crippen molar-refractivity contribution in [3.8, 4) is 0 Å². The van der Waals surface area contributed by atoms with Crippen LogP contribution in [0.25, 0.3) is 5.57 Å². The molecule has 2 N–H and O–H groups in total. The Labute approximate surface area is 209 Å². The Hall–Kier alpha value is -3.85. The van der Waals surface area contributed by atoms with Gasteiger partial charge in [0.15, 0.2) is 0 Å². The second-order valence-corrected chi connectivity index (χ2v) is 8.45. The summed E-state index contributed by atoms with van der Waals surface area (Å²) in [5.74, 6) is -0.414. The molecule has 4 rings (SSSR count). The van der Waals surface area contributed by atoms with Crippen molar-refractivity contribution in [2.45, 2.75) is 25.3 Å². The minimum absolute atomic E-state index is 0.349. The number of allylic oxidation sites excluding steroid dienone is 2. The summed E-state index contributed by atoms with van der Waals surface area (Å²) in [6.45, 7) is 1.50. The van der Waals surface area contributed by atoms with Gasteiger partial charge in [-0.25, -0.2) is 0 Å². The summed E-state index contributed by atoms with van der Waals surface area (Å²) in [5, 5.41) is 6.10. The number of carbonyl (C=O) groups is 1. The van der Waals surface area contributed by atoms with E-state index in [0.717, 1.165) is 48.4 Å². The van der Waals surface area contributed by atoms with Gasteiger partial charge in [0.1, 0.15) is 0 Å². The number of anilines is 1. The molecule has 1 aliphatic heterocycles. The molecule has 0 bridgehead atoms. The van der Waals surface area contributed by atoms with Gasteiger partial charge in [0.05, 0.1) is 11.1 Å². The van der Waals surface area contributed by atoms with Gasteiger partial charge in [-0.1, -0.05) is 48.6 Å². The van der Waals surface area contributed by atoms with Crippen LogP contribution in [-0.4, -0.2) is 12.5 Å². The zero-order valence-electron chi connectivity index (χ0n) is 19.4. The average molecular weight is 516 g/mol. The van der Waals surface area contributed by atoms with Gasteiger partial charge in [0.25, 0.3) is 0 Å². The highest BCUT2D eigenvalue weighted by Gasteiger charge is 2.31. The molecule has 1 heterocycles. The predicted molar refractivity (Wildman–Crippen MR) is 130 cm³/mol. The molecule has 0 saturated carbocycles. The van der Waals surface area contributed by atoms with Crippen molar-refractivity contribution in [2.24, 2.45) is 0 Å². The summed E-state index contributed by atoms with van der Waals surface area (Å²) in [4.78, 5) is 12.6.